The second-order valence-corrected chi connectivity index (χ2v) is 8.70. The van der Waals surface area contributed by atoms with Gasteiger partial charge < -0.3 is 0 Å². The number of rotatable bonds is 5. The van der Waals surface area contributed by atoms with Crippen molar-refractivity contribution in [2.75, 3.05) is 6.16 Å². The fourth-order valence-corrected chi connectivity index (χ4v) is 6.72. The summed E-state index contributed by atoms with van der Waals surface area (Å²) in [5.74, 6) is 0. The molecular formula is C20H18AuOP+. The van der Waals surface area contributed by atoms with E-state index in [4.69, 9.17) is 0 Å². The van der Waals surface area contributed by atoms with Crippen molar-refractivity contribution in [3.8, 4) is 0 Å². The maximum atomic E-state index is 11.6. The molecule has 0 heterocycles. The van der Waals surface area contributed by atoms with E-state index < -0.39 is 7.26 Å². The smallest absolute Gasteiger partial charge is 0.158 e. The van der Waals surface area contributed by atoms with Crippen molar-refractivity contribution in [1.82, 2.24) is 0 Å². The van der Waals surface area contributed by atoms with Crippen LogP contribution in [0.1, 0.15) is 0 Å². The molecule has 0 saturated carbocycles. The molecule has 0 aliphatic heterocycles. The normalized spacial score (nSPS) is 10.6. The summed E-state index contributed by atoms with van der Waals surface area (Å²) in [6, 6.07) is 31.3. The van der Waals surface area contributed by atoms with Gasteiger partial charge in [-0.2, -0.15) is 0 Å². The van der Waals surface area contributed by atoms with Gasteiger partial charge >= 0.3 is 0 Å². The molecule has 0 N–H and O–H groups in total. The zero-order valence-electron chi connectivity index (χ0n) is 12.6. The molecule has 0 saturated heterocycles. The predicted octanol–water partition coefficient (Wildman–Crippen LogP) is 3.18. The first-order chi connectivity index (χ1) is 10.9. The van der Waals surface area contributed by atoms with Gasteiger partial charge in [-0.25, -0.2) is 0 Å². The maximum Gasteiger partial charge on any atom is 0.158 e. The van der Waals surface area contributed by atoms with Crippen LogP contribution in [-0.4, -0.2) is 12.4 Å². The van der Waals surface area contributed by atoms with Gasteiger partial charge in [0.1, 0.15) is 29.3 Å². The minimum absolute atomic E-state index is 0. The molecule has 3 heteroatoms. The average molecular weight is 502 g/mol. The summed E-state index contributed by atoms with van der Waals surface area (Å²) >= 11 is 0. The fraction of sp³-hybridized carbons (Fsp3) is 0.0500. The van der Waals surface area contributed by atoms with Crippen LogP contribution < -0.4 is 15.9 Å². The molecule has 1 radical (unpaired) electrons. The number of benzene rings is 3. The van der Waals surface area contributed by atoms with E-state index in [0.717, 1.165) is 6.29 Å². The van der Waals surface area contributed by atoms with Crippen molar-refractivity contribution in [1.29, 1.82) is 0 Å². The van der Waals surface area contributed by atoms with Gasteiger partial charge in [-0.15, -0.1) is 0 Å². The van der Waals surface area contributed by atoms with Crippen molar-refractivity contribution < 1.29 is 27.2 Å². The quantitative estimate of drug-likeness (QED) is 0.298. The topological polar surface area (TPSA) is 17.1 Å². The number of hydrogen-bond acceptors (Lipinski definition) is 1. The second-order valence-electron chi connectivity index (χ2n) is 5.17. The molecule has 1 nitrogen and oxygen atoms in total. The van der Waals surface area contributed by atoms with Gasteiger partial charge in [0.05, 0.1) is 0 Å². The summed E-state index contributed by atoms with van der Waals surface area (Å²) in [4.78, 5) is 11.6. The van der Waals surface area contributed by atoms with Crippen LogP contribution in [0.4, 0.5) is 0 Å². The van der Waals surface area contributed by atoms with Crippen LogP contribution >= 0.6 is 7.26 Å². The average Bonchev–Trinajstić information content (AvgIpc) is 2.62. The van der Waals surface area contributed by atoms with Crippen LogP contribution in [0.2, 0.25) is 0 Å². The first-order valence-corrected chi connectivity index (χ1v) is 9.34. The molecular weight excluding hydrogens is 484 g/mol. The standard InChI is InChI=1S/C20H18OP.Au/c21-16-17-22(18-10-4-1-5-11-18,19-12-6-2-7-13-19)20-14-8-3-9-15-20;/h1-16H,17H2;/q+1;. The third-order valence-corrected chi connectivity index (χ3v) is 8.18. The molecule has 3 rings (SSSR count). The van der Waals surface area contributed by atoms with Crippen LogP contribution in [0.3, 0.4) is 0 Å². The molecule has 0 spiro atoms. The molecule has 23 heavy (non-hydrogen) atoms. The van der Waals surface area contributed by atoms with Gasteiger partial charge in [-0.05, 0) is 36.4 Å². The van der Waals surface area contributed by atoms with Crippen molar-refractivity contribution >= 4 is 29.5 Å². The van der Waals surface area contributed by atoms with Crippen molar-refractivity contribution in [2.24, 2.45) is 0 Å². The van der Waals surface area contributed by atoms with E-state index in [2.05, 4.69) is 72.8 Å². The SMILES string of the molecule is O=CC[P+](c1ccccc1)(c1ccccc1)c1ccccc1.[Au]. The predicted molar refractivity (Wildman–Crippen MR) is 96.1 cm³/mol. The molecule has 0 unspecified atom stereocenters. The number of carbonyl (C=O) groups is 1. The van der Waals surface area contributed by atoms with E-state index in [9.17, 15) is 4.79 Å². The van der Waals surface area contributed by atoms with E-state index in [1.165, 1.54) is 15.9 Å². The number of aldehydes is 1. The van der Waals surface area contributed by atoms with Crippen molar-refractivity contribution in [2.45, 2.75) is 0 Å². The van der Waals surface area contributed by atoms with Crippen molar-refractivity contribution in [3.63, 3.8) is 0 Å². The van der Waals surface area contributed by atoms with Crippen LogP contribution in [-0.2, 0) is 27.2 Å². The Morgan fingerprint density at radius 3 is 1.17 bits per heavy atom. The minimum Gasteiger partial charge on any atom is -0.299 e. The summed E-state index contributed by atoms with van der Waals surface area (Å²) in [7, 11) is -1.92. The van der Waals surface area contributed by atoms with Crippen LogP contribution in [0.15, 0.2) is 91.0 Å². The summed E-state index contributed by atoms with van der Waals surface area (Å²) in [5.41, 5.74) is 0. The number of hydrogen-bond donors (Lipinski definition) is 0. The molecule has 0 aliphatic rings. The molecule has 0 aliphatic carbocycles. The summed E-state index contributed by atoms with van der Waals surface area (Å²) in [6.45, 7) is 0. The first-order valence-electron chi connectivity index (χ1n) is 7.36. The molecule has 0 bridgehead atoms. The first kappa shape index (κ1) is 17.8. The van der Waals surface area contributed by atoms with E-state index in [0.29, 0.717) is 6.16 Å². The van der Waals surface area contributed by atoms with E-state index >= 15 is 0 Å². The van der Waals surface area contributed by atoms with Gasteiger partial charge in [0.2, 0.25) is 0 Å². The van der Waals surface area contributed by atoms with E-state index in [-0.39, 0.29) is 22.4 Å². The Balaban J connectivity index is 0.00000192. The maximum absolute atomic E-state index is 11.6. The zero-order chi connectivity index (χ0) is 15.3. The molecule has 119 valence electrons. The zero-order valence-corrected chi connectivity index (χ0v) is 15.7. The van der Waals surface area contributed by atoms with E-state index in [1.54, 1.807) is 0 Å². The summed E-state index contributed by atoms with van der Waals surface area (Å²) in [6.07, 6.45) is 1.60. The van der Waals surface area contributed by atoms with Gasteiger partial charge in [0, 0.05) is 22.4 Å². The van der Waals surface area contributed by atoms with Gasteiger partial charge in [-0.3, -0.25) is 4.79 Å². The molecule has 3 aromatic rings. The Bertz CT molecular complexity index is 633. The largest absolute Gasteiger partial charge is 0.299 e. The van der Waals surface area contributed by atoms with Gasteiger partial charge in [-0.1, -0.05) is 54.6 Å². The Morgan fingerprint density at radius 1 is 0.609 bits per heavy atom. The Morgan fingerprint density at radius 2 is 0.913 bits per heavy atom. The third-order valence-electron chi connectivity index (χ3n) is 3.94. The second kappa shape index (κ2) is 8.38. The minimum atomic E-state index is -1.92. The molecule has 0 fully saturated rings. The van der Waals surface area contributed by atoms with E-state index in [1.807, 2.05) is 18.2 Å². The summed E-state index contributed by atoms with van der Waals surface area (Å²) in [5, 5.41) is 3.75. The van der Waals surface area contributed by atoms with Crippen LogP contribution in [0, 0.1) is 0 Å². The van der Waals surface area contributed by atoms with Gasteiger partial charge in [0.25, 0.3) is 0 Å². The monoisotopic (exact) mass is 502 g/mol. The Hall–Kier alpha value is -1.50. The van der Waals surface area contributed by atoms with Crippen molar-refractivity contribution in [3.05, 3.63) is 91.0 Å². The Labute approximate surface area is 153 Å². The Kier molecular flexibility index (Phi) is 6.50. The fourth-order valence-electron chi connectivity index (χ4n) is 2.92. The van der Waals surface area contributed by atoms with Crippen LogP contribution in [0.5, 0.6) is 0 Å². The van der Waals surface area contributed by atoms with Crippen LogP contribution in [0.25, 0.3) is 0 Å². The molecule has 0 aromatic heterocycles. The third kappa shape index (κ3) is 3.54. The summed E-state index contributed by atoms with van der Waals surface area (Å²) < 4.78 is 0. The van der Waals surface area contributed by atoms with Gasteiger partial charge in [0.15, 0.2) is 6.29 Å². The molecule has 3 aromatic carbocycles. The molecule has 0 amide bonds. The molecule has 0 atom stereocenters. The number of carbonyl (C=O) groups excluding carboxylic acids is 1.